The molecule has 5 heteroatoms. The monoisotopic (exact) mass is 350 g/mol. The van der Waals surface area contributed by atoms with Crippen molar-refractivity contribution < 1.29 is 9.53 Å². The SMILES string of the molecule is CSc1ccccc1NC(=O)CN(C)CCO[C@@H]1CCCC[C@@H]1C. The van der Waals surface area contributed by atoms with Gasteiger partial charge in [-0.15, -0.1) is 11.8 Å². The summed E-state index contributed by atoms with van der Waals surface area (Å²) in [6, 6.07) is 7.88. The number of ether oxygens (including phenoxy) is 1. The normalized spacial score (nSPS) is 21.0. The lowest BCUT2D eigenvalue weighted by molar-refractivity contribution is -0.117. The Kier molecular flexibility index (Phi) is 8.09. The Morgan fingerprint density at radius 1 is 1.33 bits per heavy atom. The summed E-state index contributed by atoms with van der Waals surface area (Å²) in [6.45, 7) is 4.14. The van der Waals surface area contributed by atoms with Gasteiger partial charge in [-0.25, -0.2) is 0 Å². The minimum Gasteiger partial charge on any atom is -0.377 e. The molecule has 0 aromatic heterocycles. The molecule has 0 unspecified atom stereocenters. The molecule has 24 heavy (non-hydrogen) atoms. The summed E-state index contributed by atoms with van der Waals surface area (Å²) in [7, 11) is 1.97. The van der Waals surface area contributed by atoms with Gasteiger partial charge in [0.25, 0.3) is 0 Å². The van der Waals surface area contributed by atoms with Crippen molar-refractivity contribution in [3.8, 4) is 0 Å². The third-order valence-electron chi connectivity index (χ3n) is 4.63. The lowest BCUT2D eigenvalue weighted by Gasteiger charge is -2.29. The van der Waals surface area contributed by atoms with Gasteiger partial charge in [0.05, 0.1) is 24.9 Å². The van der Waals surface area contributed by atoms with Crippen molar-refractivity contribution in [1.82, 2.24) is 4.90 Å². The van der Waals surface area contributed by atoms with Gasteiger partial charge in [-0.2, -0.15) is 0 Å². The van der Waals surface area contributed by atoms with Crippen molar-refractivity contribution in [2.45, 2.75) is 43.6 Å². The van der Waals surface area contributed by atoms with Gasteiger partial charge < -0.3 is 10.1 Å². The number of amides is 1. The summed E-state index contributed by atoms with van der Waals surface area (Å²) in [5.74, 6) is 0.681. The molecular formula is C19H30N2O2S. The first-order valence-electron chi connectivity index (χ1n) is 8.83. The lowest BCUT2D eigenvalue weighted by Crippen LogP contribution is -2.34. The average molecular weight is 351 g/mol. The lowest BCUT2D eigenvalue weighted by atomic mass is 9.88. The molecule has 2 atom stereocenters. The number of nitrogens with zero attached hydrogens (tertiary/aromatic N) is 1. The predicted octanol–water partition coefficient (Wildman–Crippen LogP) is 3.87. The Bertz CT molecular complexity index is 524. The average Bonchev–Trinajstić information content (AvgIpc) is 2.57. The first-order valence-corrected chi connectivity index (χ1v) is 10.1. The molecule has 2 rings (SSSR count). The van der Waals surface area contributed by atoms with Crippen LogP contribution in [0.3, 0.4) is 0 Å². The number of likely N-dealkylation sites (N-methyl/N-ethyl adjacent to an activating group) is 1. The fraction of sp³-hybridized carbons (Fsp3) is 0.632. The molecule has 1 fully saturated rings. The molecule has 0 spiro atoms. The third-order valence-corrected chi connectivity index (χ3v) is 5.43. The Hall–Kier alpha value is -1.04. The minimum atomic E-state index is 0.0186. The zero-order chi connectivity index (χ0) is 17.4. The van der Waals surface area contributed by atoms with E-state index in [0.717, 1.165) is 17.1 Å². The molecule has 1 aromatic carbocycles. The van der Waals surface area contributed by atoms with E-state index < -0.39 is 0 Å². The fourth-order valence-electron chi connectivity index (χ4n) is 3.15. The van der Waals surface area contributed by atoms with Crippen LogP contribution < -0.4 is 5.32 Å². The topological polar surface area (TPSA) is 41.6 Å². The van der Waals surface area contributed by atoms with E-state index in [1.165, 1.54) is 25.7 Å². The van der Waals surface area contributed by atoms with Gasteiger partial charge in [-0.3, -0.25) is 9.69 Å². The maximum atomic E-state index is 12.2. The molecule has 1 saturated carbocycles. The number of para-hydroxylation sites is 1. The van der Waals surface area contributed by atoms with Crippen LogP contribution >= 0.6 is 11.8 Å². The van der Waals surface area contributed by atoms with Gasteiger partial charge in [-0.05, 0) is 44.2 Å². The molecule has 0 aliphatic heterocycles. The van der Waals surface area contributed by atoms with Gasteiger partial charge >= 0.3 is 0 Å². The van der Waals surface area contributed by atoms with Crippen molar-refractivity contribution in [3.63, 3.8) is 0 Å². The summed E-state index contributed by atoms with van der Waals surface area (Å²) in [6.07, 6.45) is 7.48. The number of carbonyl (C=O) groups excluding carboxylic acids is 1. The van der Waals surface area contributed by atoms with Crippen LogP contribution in [0.5, 0.6) is 0 Å². The number of hydrogen-bond acceptors (Lipinski definition) is 4. The second-order valence-corrected chi connectivity index (χ2v) is 7.51. The van der Waals surface area contributed by atoms with E-state index in [0.29, 0.717) is 25.2 Å². The van der Waals surface area contributed by atoms with E-state index in [1.54, 1.807) is 11.8 Å². The van der Waals surface area contributed by atoms with Crippen LogP contribution in [0.4, 0.5) is 5.69 Å². The molecule has 1 amide bonds. The third kappa shape index (κ3) is 6.11. The van der Waals surface area contributed by atoms with Gasteiger partial charge in [0.15, 0.2) is 0 Å². The fourth-order valence-corrected chi connectivity index (χ4v) is 3.71. The van der Waals surface area contributed by atoms with Crippen molar-refractivity contribution in [2.24, 2.45) is 5.92 Å². The summed E-state index contributed by atoms with van der Waals surface area (Å²) < 4.78 is 6.03. The maximum Gasteiger partial charge on any atom is 0.238 e. The van der Waals surface area contributed by atoms with E-state index in [1.807, 2.05) is 42.5 Å². The standard InChI is InChI=1S/C19H30N2O2S/c1-15-8-4-6-10-17(15)23-13-12-21(2)14-19(22)20-16-9-5-7-11-18(16)24-3/h5,7,9,11,15,17H,4,6,8,10,12-14H2,1-3H3,(H,20,22)/t15-,17+/m0/s1. The van der Waals surface area contributed by atoms with Crippen molar-refractivity contribution in [2.75, 3.05) is 38.3 Å². The number of rotatable bonds is 8. The summed E-state index contributed by atoms with van der Waals surface area (Å²) >= 11 is 1.64. The van der Waals surface area contributed by atoms with Crippen LogP contribution in [0, 0.1) is 5.92 Å². The highest BCUT2D eigenvalue weighted by atomic mass is 32.2. The Labute approximate surface area is 150 Å². The van der Waals surface area contributed by atoms with Gasteiger partial charge in [-0.1, -0.05) is 31.9 Å². The van der Waals surface area contributed by atoms with Crippen LogP contribution in [0.15, 0.2) is 29.2 Å². The Balaban J connectivity index is 1.69. The Morgan fingerprint density at radius 3 is 2.83 bits per heavy atom. The van der Waals surface area contributed by atoms with E-state index >= 15 is 0 Å². The van der Waals surface area contributed by atoms with Crippen molar-refractivity contribution >= 4 is 23.4 Å². The second-order valence-electron chi connectivity index (χ2n) is 6.66. The first kappa shape index (κ1) is 19.3. The molecule has 0 heterocycles. The van der Waals surface area contributed by atoms with E-state index in [9.17, 15) is 4.79 Å². The first-order chi connectivity index (χ1) is 11.6. The quantitative estimate of drug-likeness (QED) is 0.723. The zero-order valence-electron chi connectivity index (χ0n) is 15.1. The molecule has 0 saturated heterocycles. The van der Waals surface area contributed by atoms with Gasteiger partial charge in [0, 0.05) is 11.4 Å². The highest BCUT2D eigenvalue weighted by Crippen LogP contribution is 2.26. The van der Waals surface area contributed by atoms with Crippen LogP contribution in [0.1, 0.15) is 32.6 Å². The molecule has 1 aromatic rings. The highest BCUT2D eigenvalue weighted by Gasteiger charge is 2.21. The maximum absolute atomic E-state index is 12.2. The molecule has 4 nitrogen and oxygen atoms in total. The number of nitrogens with one attached hydrogen (secondary N) is 1. The summed E-state index contributed by atoms with van der Waals surface area (Å²) in [4.78, 5) is 15.3. The number of hydrogen-bond donors (Lipinski definition) is 1. The largest absolute Gasteiger partial charge is 0.377 e. The van der Waals surface area contributed by atoms with Crippen LogP contribution in [-0.4, -0.2) is 49.9 Å². The molecular weight excluding hydrogens is 320 g/mol. The van der Waals surface area contributed by atoms with Crippen molar-refractivity contribution in [3.05, 3.63) is 24.3 Å². The molecule has 0 bridgehead atoms. The van der Waals surface area contributed by atoms with Gasteiger partial charge in [0.1, 0.15) is 0 Å². The zero-order valence-corrected chi connectivity index (χ0v) is 15.9. The second kappa shape index (κ2) is 10.1. The van der Waals surface area contributed by atoms with E-state index in [4.69, 9.17) is 4.74 Å². The van der Waals surface area contributed by atoms with E-state index in [-0.39, 0.29) is 5.91 Å². The predicted molar refractivity (Wildman–Crippen MR) is 102 cm³/mol. The smallest absolute Gasteiger partial charge is 0.238 e. The molecule has 1 aliphatic carbocycles. The number of thioether (sulfide) groups is 1. The van der Waals surface area contributed by atoms with Crippen molar-refractivity contribution in [1.29, 1.82) is 0 Å². The molecule has 1 aliphatic rings. The van der Waals surface area contributed by atoms with Gasteiger partial charge in [0.2, 0.25) is 5.91 Å². The van der Waals surface area contributed by atoms with Crippen LogP contribution in [0.25, 0.3) is 0 Å². The van der Waals surface area contributed by atoms with Crippen LogP contribution in [0.2, 0.25) is 0 Å². The summed E-state index contributed by atoms with van der Waals surface area (Å²) in [5.41, 5.74) is 0.885. The molecule has 1 N–H and O–H groups in total. The van der Waals surface area contributed by atoms with E-state index in [2.05, 4.69) is 12.2 Å². The number of carbonyl (C=O) groups is 1. The summed E-state index contributed by atoms with van der Waals surface area (Å²) in [5, 5.41) is 3.00. The number of anilines is 1. The minimum absolute atomic E-state index is 0.0186. The Morgan fingerprint density at radius 2 is 2.08 bits per heavy atom. The highest BCUT2D eigenvalue weighted by molar-refractivity contribution is 7.98. The molecule has 0 radical (unpaired) electrons. The number of benzene rings is 1. The molecule has 134 valence electrons. The van der Waals surface area contributed by atoms with Crippen LogP contribution in [-0.2, 0) is 9.53 Å².